The number of hydrogen-bond acceptors (Lipinski definition) is 6. The Balaban J connectivity index is 1.47. The van der Waals surface area contributed by atoms with E-state index in [-0.39, 0.29) is 18.1 Å². The maximum atomic E-state index is 13.1. The summed E-state index contributed by atoms with van der Waals surface area (Å²) >= 11 is 0. The van der Waals surface area contributed by atoms with Crippen LogP contribution in [0.25, 0.3) is 22.2 Å². The predicted molar refractivity (Wildman–Crippen MR) is 101 cm³/mol. The molecule has 0 unspecified atom stereocenters. The summed E-state index contributed by atoms with van der Waals surface area (Å²) in [5.74, 6) is -0.647. The van der Waals surface area contributed by atoms with Crippen molar-refractivity contribution in [2.75, 3.05) is 0 Å². The van der Waals surface area contributed by atoms with Crippen molar-refractivity contribution in [3.05, 3.63) is 78.1 Å². The minimum Gasteiger partial charge on any atom is -0.356 e. The van der Waals surface area contributed by atoms with Crippen molar-refractivity contribution in [3.8, 4) is 11.3 Å². The van der Waals surface area contributed by atoms with Crippen LogP contribution in [0.3, 0.4) is 0 Å². The standard InChI is InChI=1S/C19H15FN4O3S/c20-14-7-5-13(6-8-14)17-9-15(21-12-22-17)10-23-28(25,26)11-18-16-3-1-2-4-19(16)27-24-18/h1-9,12,23H,10-11H2. The van der Waals surface area contributed by atoms with Crippen LogP contribution in [-0.4, -0.2) is 23.5 Å². The molecule has 4 aromatic rings. The molecule has 0 fully saturated rings. The highest BCUT2D eigenvalue weighted by Crippen LogP contribution is 2.20. The van der Waals surface area contributed by atoms with Gasteiger partial charge in [-0.05, 0) is 42.5 Å². The lowest BCUT2D eigenvalue weighted by Crippen LogP contribution is -2.25. The number of fused-ring (bicyclic) bond motifs is 1. The summed E-state index contributed by atoms with van der Waals surface area (Å²) in [6.45, 7) is -0.00513. The number of nitrogens with zero attached hydrogens (tertiary/aromatic N) is 3. The smallest absolute Gasteiger partial charge is 0.217 e. The molecule has 0 atom stereocenters. The number of hydrogen-bond donors (Lipinski definition) is 1. The molecule has 0 spiro atoms. The maximum Gasteiger partial charge on any atom is 0.217 e. The highest BCUT2D eigenvalue weighted by atomic mass is 32.2. The van der Waals surface area contributed by atoms with Crippen molar-refractivity contribution in [1.29, 1.82) is 0 Å². The van der Waals surface area contributed by atoms with Crippen LogP contribution >= 0.6 is 0 Å². The van der Waals surface area contributed by atoms with Gasteiger partial charge in [0.1, 0.15) is 23.6 Å². The molecular formula is C19H15FN4O3S. The Morgan fingerprint density at radius 2 is 1.82 bits per heavy atom. The van der Waals surface area contributed by atoms with Crippen LogP contribution < -0.4 is 4.72 Å². The molecule has 9 heteroatoms. The van der Waals surface area contributed by atoms with Crippen LogP contribution in [0.2, 0.25) is 0 Å². The third-order valence-electron chi connectivity index (χ3n) is 4.12. The third kappa shape index (κ3) is 4.05. The van der Waals surface area contributed by atoms with Gasteiger partial charge in [-0.15, -0.1) is 0 Å². The molecule has 0 aliphatic rings. The first-order valence-corrected chi connectivity index (χ1v) is 10.0. The van der Waals surface area contributed by atoms with Crippen molar-refractivity contribution in [2.45, 2.75) is 12.3 Å². The predicted octanol–water partition coefficient (Wildman–Crippen LogP) is 3.04. The summed E-state index contributed by atoms with van der Waals surface area (Å²) in [5, 5.41) is 4.51. The summed E-state index contributed by atoms with van der Waals surface area (Å²) < 4.78 is 45.6. The van der Waals surface area contributed by atoms with Crippen LogP contribution in [0.4, 0.5) is 4.39 Å². The van der Waals surface area contributed by atoms with E-state index in [0.717, 1.165) is 0 Å². The van der Waals surface area contributed by atoms with Crippen LogP contribution in [-0.2, 0) is 22.3 Å². The summed E-state index contributed by atoms with van der Waals surface area (Å²) in [7, 11) is -3.66. The van der Waals surface area contributed by atoms with E-state index in [1.54, 1.807) is 42.5 Å². The molecule has 2 aromatic carbocycles. The fourth-order valence-electron chi connectivity index (χ4n) is 2.73. The van der Waals surface area contributed by atoms with Gasteiger partial charge in [-0.1, -0.05) is 17.3 Å². The van der Waals surface area contributed by atoms with Crippen molar-refractivity contribution in [3.63, 3.8) is 0 Å². The van der Waals surface area contributed by atoms with Gasteiger partial charge in [0, 0.05) is 10.9 Å². The summed E-state index contributed by atoms with van der Waals surface area (Å²) in [6, 6.07) is 14.6. The van der Waals surface area contributed by atoms with E-state index >= 15 is 0 Å². The van der Waals surface area contributed by atoms with Crippen LogP contribution in [0.1, 0.15) is 11.4 Å². The monoisotopic (exact) mass is 398 g/mol. The highest BCUT2D eigenvalue weighted by molar-refractivity contribution is 7.88. The van der Waals surface area contributed by atoms with Crippen LogP contribution in [0.15, 0.2) is 65.4 Å². The van der Waals surface area contributed by atoms with E-state index in [1.165, 1.54) is 18.5 Å². The molecule has 0 amide bonds. The minimum atomic E-state index is -3.66. The molecule has 1 N–H and O–H groups in total. The van der Waals surface area contributed by atoms with E-state index in [2.05, 4.69) is 19.8 Å². The average molecular weight is 398 g/mol. The fraction of sp³-hybridized carbons (Fsp3) is 0.105. The Morgan fingerprint density at radius 3 is 2.64 bits per heavy atom. The first kappa shape index (κ1) is 18.2. The Morgan fingerprint density at radius 1 is 1.04 bits per heavy atom. The lowest BCUT2D eigenvalue weighted by Gasteiger charge is -2.07. The summed E-state index contributed by atoms with van der Waals surface area (Å²) in [5.41, 5.74) is 2.65. The molecule has 0 aliphatic heterocycles. The topological polar surface area (TPSA) is 98.0 Å². The normalized spacial score (nSPS) is 11.8. The molecule has 0 saturated heterocycles. The zero-order valence-corrected chi connectivity index (χ0v) is 15.4. The van der Waals surface area contributed by atoms with Gasteiger partial charge in [-0.2, -0.15) is 0 Å². The van der Waals surface area contributed by atoms with Gasteiger partial charge in [0.2, 0.25) is 10.0 Å². The van der Waals surface area contributed by atoms with Gasteiger partial charge < -0.3 is 4.52 Å². The number of aromatic nitrogens is 3. The third-order valence-corrected chi connectivity index (χ3v) is 5.35. The van der Waals surface area contributed by atoms with E-state index in [9.17, 15) is 12.8 Å². The average Bonchev–Trinajstić information content (AvgIpc) is 3.10. The van der Waals surface area contributed by atoms with E-state index < -0.39 is 10.0 Å². The first-order valence-electron chi connectivity index (χ1n) is 8.38. The number of sulfonamides is 1. The van der Waals surface area contributed by atoms with Crippen LogP contribution in [0, 0.1) is 5.82 Å². The largest absolute Gasteiger partial charge is 0.356 e. The maximum absolute atomic E-state index is 13.1. The second-order valence-corrected chi connectivity index (χ2v) is 7.91. The zero-order chi connectivity index (χ0) is 19.6. The highest BCUT2D eigenvalue weighted by Gasteiger charge is 2.17. The zero-order valence-electron chi connectivity index (χ0n) is 14.5. The van der Waals surface area contributed by atoms with Gasteiger partial charge >= 0.3 is 0 Å². The Kier molecular flexibility index (Phi) is 4.84. The Bertz CT molecular complexity index is 1220. The van der Waals surface area contributed by atoms with Gasteiger partial charge in [0.25, 0.3) is 0 Å². The molecule has 2 heterocycles. The van der Waals surface area contributed by atoms with Gasteiger partial charge in [-0.25, -0.2) is 27.5 Å². The number of rotatable bonds is 6. The summed E-state index contributed by atoms with van der Waals surface area (Å²) in [4.78, 5) is 8.23. The Hall–Kier alpha value is -3.17. The van der Waals surface area contributed by atoms with E-state index in [1.807, 2.05) is 0 Å². The minimum absolute atomic E-state index is 0.00513. The quantitative estimate of drug-likeness (QED) is 0.536. The Labute approximate surface area is 160 Å². The fourth-order valence-corrected chi connectivity index (χ4v) is 3.77. The molecule has 0 saturated carbocycles. The molecule has 2 aromatic heterocycles. The number of benzene rings is 2. The molecular weight excluding hydrogens is 383 g/mol. The van der Waals surface area contributed by atoms with Crippen molar-refractivity contribution >= 4 is 21.0 Å². The molecule has 7 nitrogen and oxygen atoms in total. The van der Waals surface area contributed by atoms with E-state index in [4.69, 9.17) is 4.52 Å². The molecule has 0 bridgehead atoms. The lowest BCUT2D eigenvalue weighted by molar-refractivity contribution is 0.448. The van der Waals surface area contributed by atoms with Crippen molar-refractivity contribution < 1.29 is 17.3 Å². The molecule has 0 aliphatic carbocycles. The number of halogens is 1. The molecule has 142 valence electrons. The first-order chi connectivity index (χ1) is 13.5. The van der Waals surface area contributed by atoms with Gasteiger partial charge in [0.05, 0.1) is 17.9 Å². The second-order valence-electron chi connectivity index (χ2n) is 6.11. The SMILES string of the molecule is O=S(=O)(Cc1noc2ccccc12)NCc1cc(-c2ccc(F)cc2)ncn1. The van der Waals surface area contributed by atoms with Crippen molar-refractivity contribution in [1.82, 2.24) is 19.8 Å². The van der Waals surface area contributed by atoms with E-state index in [0.29, 0.717) is 33.6 Å². The molecule has 0 radical (unpaired) electrons. The van der Waals surface area contributed by atoms with Crippen LogP contribution in [0.5, 0.6) is 0 Å². The van der Waals surface area contributed by atoms with Crippen molar-refractivity contribution in [2.24, 2.45) is 0 Å². The molecule has 28 heavy (non-hydrogen) atoms. The summed E-state index contributed by atoms with van der Waals surface area (Å²) in [6.07, 6.45) is 1.34. The molecule has 4 rings (SSSR count). The number of nitrogens with one attached hydrogen (secondary N) is 1. The van der Waals surface area contributed by atoms with Gasteiger partial charge in [0.15, 0.2) is 5.58 Å². The lowest BCUT2D eigenvalue weighted by atomic mass is 10.1. The van der Waals surface area contributed by atoms with Gasteiger partial charge in [-0.3, -0.25) is 0 Å². The second kappa shape index (κ2) is 7.45. The number of para-hydroxylation sites is 1.